The van der Waals surface area contributed by atoms with Crippen molar-refractivity contribution < 1.29 is 47.6 Å². The number of amides is 1. The topological polar surface area (TPSA) is 129 Å². The summed E-state index contributed by atoms with van der Waals surface area (Å²) in [5.74, 6) is -1.46. The molecule has 0 radical (unpaired) electrons. The summed E-state index contributed by atoms with van der Waals surface area (Å²) in [6, 6.07) is 5.02. The fourth-order valence-electron chi connectivity index (χ4n) is 4.54. The van der Waals surface area contributed by atoms with E-state index in [0.717, 1.165) is 4.70 Å². The van der Waals surface area contributed by atoms with Gasteiger partial charge in [0.2, 0.25) is 5.91 Å². The van der Waals surface area contributed by atoms with E-state index >= 15 is 4.39 Å². The number of halogens is 2. The van der Waals surface area contributed by atoms with Crippen LogP contribution in [0.2, 0.25) is 5.02 Å². The van der Waals surface area contributed by atoms with E-state index in [1.807, 2.05) is 0 Å². The van der Waals surface area contributed by atoms with Gasteiger partial charge in [-0.05, 0) is 17.7 Å². The number of hydrogen-bond donors (Lipinski definition) is 1. The molecule has 0 atom stereocenters. The van der Waals surface area contributed by atoms with Gasteiger partial charge in [-0.2, -0.15) is 0 Å². The Balaban J connectivity index is 1.40. The molecule has 42 heavy (non-hydrogen) atoms. The van der Waals surface area contributed by atoms with E-state index in [4.69, 9.17) is 35.7 Å². The number of methoxy groups -OCH3 is 2. The first-order valence-electron chi connectivity index (χ1n) is 13.1. The Morgan fingerprint density at radius 3 is 2.38 bits per heavy atom. The lowest BCUT2D eigenvalue weighted by Gasteiger charge is -2.15. The Morgan fingerprint density at radius 2 is 1.71 bits per heavy atom. The molecule has 3 aromatic rings. The van der Waals surface area contributed by atoms with Crippen LogP contribution in [-0.4, -0.2) is 61.4 Å². The zero-order valence-corrected chi connectivity index (χ0v) is 24.6. The smallest absolute Gasteiger partial charge is 0.303 e. The number of benzene rings is 2. The van der Waals surface area contributed by atoms with Crippen LogP contribution in [0.3, 0.4) is 0 Å². The number of carbonyl (C=O) groups excluding carboxylic acids is 3. The molecule has 224 valence electrons. The zero-order chi connectivity index (χ0) is 30.4. The highest BCUT2D eigenvalue weighted by atomic mass is 35.5. The molecule has 0 saturated carbocycles. The summed E-state index contributed by atoms with van der Waals surface area (Å²) in [6.45, 7) is 0.387. The van der Waals surface area contributed by atoms with Crippen LogP contribution in [0, 0.1) is 5.82 Å². The van der Waals surface area contributed by atoms with Gasteiger partial charge in [-0.3, -0.25) is 14.4 Å². The van der Waals surface area contributed by atoms with Gasteiger partial charge < -0.3 is 33.7 Å². The van der Waals surface area contributed by atoms with Crippen LogP contribution in [0.25, 0.3) is 10.1 Å². The molecule has 1 aromatic heterocycles. The van der Waals surface area contributed by atoms with Crippen molar-refractivity contribution in [3.63, 3.8) is 0 Å². The number of ketones is 1. The molecule has 2 heterocycles. The monoisotopic (exact) mass is 621 g/mol. The lowest BCUT2D eigenvalue weighted by atomic mass is 10.1. The van der Waals surface area contributed by atoms with Gasteiger partial charge in [0.1, 0.15) is 6.29 Å². The van der Waals surface area contributed by atoms with Crippen molar-refractivity contribution in [3.05, 3.63) is 45.0 Å². The van der Waals surface area contributed by atoms with Crippen LogP contribution in [0.5, 0.6) is 23.0 Å². The van der Waals surface area contributed by atoms with Crippen molar-refractivity contribution in [3.8, 4) is 23.0 Å². The van der Waals surface area contributed by atoms with E-state index < -0.39 is 11.8 Å². The number of carboxylic acid groups (broad SMARTS) is 1. The first kappa shape index (κ1) is 31.0. The Labute approximate surface area is 249 Å². The molecule has 0 bridgehead atoms. The number of carbonyl (C=O) groups is 4. The molecule has 13 heteroatoms. The van der Waals surface area contributed by atoms with Gasteiger partial charge in [0.15, 0.2) is 34.6 Å². The van der Waals surface area contributed by atoms with Gasteiger partial charge in [0.25, 0.3) is 0 Å². The van der Waals surface area contributed by atoms with E-state index in [0.29, 0.717) is 45.6 Å². The van der Waals surface area contributed by atoms with Crippen LogP contribution < -0.4 is 18.9 Å². The van der Waals surface area contributed by atoms with Crippen molar-refractivity contribution in [2.75, 3.05) is 27.4 Å². The number of aldehydes is 1. The number of ether oxygens (including phenoxy) is 4. The maximum atomic E-state index is 15.4. The van der Waals surface area contributed by atoms with E-state index in [-0.39, 0.29) is 80.2 Å². The Morgan fingerprint density at radius 1 is 1.02 bits per heavy atom. The normalized spacial score (nSPS) is 12.2. The van der Waals surface area contributed by atoms with Crippen LogP contribution >= 0.6 is 22.9 Å². The van der Waals surface area contributed by atoms with Gasteiger partial charge in [-0.1, -0.05) is 11.6 Å². The number of thiophene rings is 1. The third-order valence-corrected chi connectivity index (χ3v) is 8.16. The average Bonchev–Trinajstić information content (AvgIpc) is 3.61. The highest BCUT2D eigenvalue weighted by Gasteiger charge is 2.30. The number of hydrogen-bond acceptors (Lipinski definition) is 9. The number of rotatable bonds is 15. The summed E-state index contributed by atoms with van der Waals surface area (Å²) in [6.07, 6.45) is 0.849. The van der Waals surface area contributed by atoms with Crippen molar-refractivity contribution in [2.45, 2.75) is 45.2 Å². The molecule has 0 fully saturated rings. The third kappa shape index (κ3) is 6.76. The van der Waals surface area contributed by atoms with Gasteiger partial charge in [-0.15, -0.1) is 11.3 Å². The minimum atomic E-state index is -1.08. The first-order valence-corrected chi connectivity index (χ1v) is 14.3. The predicted octanol–water partition coefficient (Wildman–Crippen LogP) is 5.43. The third-order valence-electron chi connectivity index (χ3n) is 6.66. The van der Waals surface area contributed by atoms with E-state index in [1.165, 1.54) is 30.5 Å². The van der Waals surface area contributed by atoms with Crippen molar-refractivity contribution >= 4 is 57.0 Å². The molecule has 1 N–H and O–H groups in total. The molecule has 1 aliphatic heterocycles. The lowest BCUT2D eigenvalue weighted by Crippen LogP contribution is -2.25. The van der Waals surface area contributed by atoms with E-state index in [2.05, 4.69) is 0 Å². The Bertz CT molecular complexity index is 1520. The highest BCUT2D eigenvalue weighted by Crippen LogP contribution is 2.44. The molecule has 2 aromatic carbocycles. The maximum Gasteiger partial charge on any atom is 0.303 e. The summed E-state index contributed by atoms with van der Waals surface area (Å²) in [4.78, 5) is 48.0. The average molecular weight is 622 g/mol. The minimum Gasteiger partial charge on any atom is -0.493 e. The van der Waals surface area contributed by atoms with E-state index in [9.17, 15) is 19.2 Å². The summed E-state index contributed by atoms with van der Waals surface area (Å²) >= 11 is 7.88. The van der Waals surface area contributed by atoms with Gasteiger partial charge in [0, 0.05) is 60.5 Å². The largest absolute Gasteiger partial charge is 0.493 e. The molecule has 1 amide bonds. The van der Waals surface area contributed by atoms with Gasteiger partial charge >= 0.3 is 5.97 Å². The summed E-state index contributed by atoms with van der Waals surface area (Å²) < 4.78 is 38.6. The second-order valence-corrected chi connectivity index (χ2v) is 10.9. The van der Waals surface area contributed by atoms with Crippen LogP contribution in [0.15, 0.2) is 18.2 Å². The van der Waals surface area contributed by atoms with Gasteiger partial charge in [0.05, 0.1) is 43.8 Å². The van der Waals surface area contributed by atoms with Crippen molar-refractivity contribution in [1.29, 1.82) is 0 Å². The second kappa shape index (κ2) is 13.8. The second-order valence-electron chi connectivity index (χ2n) is 9.43. The number of nitrogens with zero attached hydrogens (tertiary/aromatic N) is 1. The van der Waals surface area contributed by atoms with Gasteiger partial charge in [-0.25, -0.2) is 4.39 Å². The van der Waals surface area contributed by atoms with Crippen LogP contribution in [0.4, 0.5) is 4.39 Å². The first-order chi connectivity index (χ1) is 20.2. The molecule has 0 aliphatic carbocycles. The Hall–Kier alpha value is -3.90. The van der Waals surface area contributed by atoms with Crippen LogP contribution in [0.1, 0.15) is 52.9 Å². The zero-order valence-electron chi connectivity index (χ0n) is 23.0. The maximum absolute atomic E-state index is 15.4. The summed E-state index contributed by atoms with van der Waals surface area (Å²) in [5.41, 5.74) is 0.873. The summed E-state index contributed by atoms with van der Waals surface area (Å²) in [5, 5.41) is 9.74. The van der Waals surface area contributed by atoms with Crippen LogP contribution in [-0.2, 0) is 27.5 Å². The van der Waals surface area contributed by atoms with Crippen molar-refractivity contribution in [2.24, 2.45) is 0 Å². The Kier molecular flexibility index (Phi) is 10.2. The number of Topliss-reactive ketones (excluding diaryl/α,β-unsaturated/α-hetero) is 1. The molecule has 4 rings (SSSR count). The minimum absolute atomic E-state index is 0.0108. The summed E-state index contributed by atoms with van der Waals surface area (Å²) in [7, 11) is 2.86. The molecule has 1 aliphatic rings. The molecular formula is C29H29ClFNO9S. The molecule has 0 unspecified atom stereocenters. The predicted molar refractivity (Wildman–Crippen MR) is 153 cm³/mol. The molecule has 0 spiro atoms. The number of carboxylic acids is 1. The number of fused-ring (bicyclic) bond motifs is 2. The van der Waals surface area contributed by atoms with E-state index in [1.54, 1.807) is 18.2 Å². The highest BCUT2D eigenvalue weighted by molar-refractivity contribution is 7.21. The molecule has 10 nitrogen and oxygen atoms in total. The van der Waals surface area contributed by atoms with Crippen molar-refractivity contribution in [1.82, 2.24) is 4.90 Å². The lowest BCUT2D eigenvalue weighted by molar-refractivity contribution is -0.141. The molecular weight excluding hydrogens is 593 g/mol. The number of aliphatic carboxylic acids is 1. The quantitative estimate of drug-likeness (QED) is 0.134. The SMILES string of the molecule is COc1cc2c(c(F)c1OCCCOc1c(OC)cc3sc(C(=O)CCC=O)cc3c1Cl)CN(C(=O)CCC(=O)O)C2. The fraction of sp³-hybridized carbons (Fsp3) is 0.379. The fourth-order valence-corrected chi connectivity index (χ4v) is 5.97. The standard InChI is InChI=1S/C29H29ClFNO9S/c1-38-20-11-16-14-32(24(35)6-7-25(36)37)15-18(16)27(31)29(20)41-10-4-9-40-28-21(39-2)13-22-17(26(28)30)12-23(42-22)19(34)5-3-8-33/h8,11-13H,3-7,9-10,14-15H2,1-2H3,(H,36,37). The molecule has 0 saturated heterocycles.